The molecule has 1 aliphatic rings. The first-order chi connectivity index (χ1) is 5.67. The summed E-state index contributed by atoms with van der Waals surface area (Å²) in [5, 5.41) is 2.89. The van der Waals surface area contributed by atoms with Crippen LogP contribution in [0.4, 0.5) is 4.39 Å². The zero-order valence-corrected chi connectivity index (χ0v) is 7.90. The van der Waals surface area contributed by atoms with Crippen LogP contribution in [0.25, 0.3) is 0 Å². The van der Waals surface area contributed by atoms with Crippen LogP contribution < -0.4 is 5.32 Å². The molecule has 0 aromatic heterocycles. The summed E-state index contributed by atoms with van der Waals surface area (Å²) in [5.41, 5.74) is -1.07. The maximum Gasteiger partial charge on any atom is 0.123 e. The first-order valence-corrected chi connectivity index (χ1v) is 4.58. The molecule has 0 amide bonds. The smallest absolute Gasteiger partial charge is 0.123 e. The molecule has 1 aliphatic heterocycles. The fourth-order valence-corrected chi connectivity index (χ4v) is 1.79. The van der Waals surface area contributed by atoms with Gasteiger partial charge in [-0.3, -0.25) is 0 Å². The van der Waals surface area contributed by atoms with E-state index >= 15 is 0 Å². The Balaban J connectivity index is 2.41. The number of nitrogens with one attached hydrogen (secondary N) is 1. The highest BCUT2D eigenvalue weighted by Gasteiger charge is 2.34. The lowest BCUT2D eigenvalue weighted by Gasteiger charge is -2.33. The molecule has 0 aromatic rings. The van der Waals surface area contributed by atoms with Crippen molar-refractivity contribution in [1.82, 2.24) is 5.32 Å². The number of alkyl halides is 1. The second-order valence-electron chi connectivity index (χ2n) is 3.70. The van der Waals surface area contributed by atoms with Gasteiger partial charge >= 0.3 is 0 Å². The van der Waals surface area contributed by atoms with E-state index in [4.69, 9.17) is 4.74 Å². The van der Waals surface area contributed by atoms with E-state index in [1.165, 1.54) is 0 Å². The Kier molecular flexibility index (Phi) is 3.47. The monoisotopic (exact) mass is 175 g/mol. The number of rotatable bonds is 3. The SMILES string of the molecule is CNCC(C)(F)C1CCOCC1. The molecule has 1 saturated heterocycles. The molecule has 0 spiro atoms. The lowest BCUT2D eigenvalue weighted by molar-refractivity contribution is -0.00131. The van der Waals surface area contributed by atoms with Gasteiger partial charge in [0.15, 0.2) is 0 Å². The lowest BCUT2D eigenvalue weighted by Crippen LogP contribution is -2.41. The second kappa shape index (κ2) is 4.19. The molecule has 3 heteroatoms. The van der Waals surface area contributed by atoms with Gasteiger partial charge in [0.25, 0.3) is 0 Å². The van der Waals surface area contributed by atoms with Gasteiger partial charge in [-0.05, 0) is 32.7 Å². The summed E-state index contributed by atoms with van der Waals surface area (Å²) in [4.78, 5) is 0. The first-order valence-electron chi connectivity index (χ1n) is 4.58. The Morgan fingerprint density at radius 3 is 2.58 bits per heavy atom. The zero-order valence-electron chi connectivity index (χ0n) is 7.90. The zero-order chi connectivity index (χ0) is 9.03. The van der Waals surface area contributed by atoms with Gasteiger partial charge in [0.2, 0.25) is 0 Å². The van der Waals surface area contributed by atoms with Gasteiger partial charge in [0.05, 0.1) is 0 Å². The average Bonchev–Trinajstić information content (AvgIpc) is 2.06. The number of halogens is 1. The second-order valence-corrected chi connectivity index (χ2v) is 3.70. The van der Waals surface area contributed by atoms with E-state index in [9.17, 15) is 4.39 Å². The van der Waals surface area contributed by atoms with Gasteiger partial charge in [-0.2, -0.15) is 0 Å². The van der Waals surface area contributed by atoms with Crippen molar-refractivity contribution in [3.8, 4) is 0 Å². The Hall–Kier alpha value is -0.150. The van der Waals surface area contributed by atoms with Crippen molar-refractivity contribution in [3.05, 3.63) is 0 Å². The van der Waals surface area contributed by atoms with E-state index in [0.29, 0.717) is 19.8 Å². The van der Waals surface area contributed by atoms with E-state index in [1.807, 2.05) is 0 Å². The molecule has 1 fully saturated rings. The van der Waals surface area contributed by atoms with Gasteiger partial charge in [0.1, 0.15) is 5.67 Å². The topological polar surface area (TPSA) is 21.3 Å². The normalized spacial score (nSPS) is 25.2. The van der Waals surface area contributed by atoms with Gasteiger partial charge < -0.3 is 10.1 Å². The molecule has 1 N–H and O–H groups in total. The van der Waals surface area contributed by atoms with Crippen LogP contribution >= 0.6 is 0 Å². The molecule has 0 aromatic carbocycles. The number of ether oxygens (including phenoxy) is 1. The fraction of sp³-hybridized carbons (Fsp3) is 1.00. The van der Waals surface area contributed by atoms with Crippen LogP contribution in [0, 0.1) is 5.92 Å². The van der Waals surface area contributed by atoms with Crippen molar-refractivity contribution in [3.63, 3.8) is 0 Å². The molecular weight excluding hydrogens is 157 g/mol. The summed E-state index contributed by atoms with van der Waals surface area (Å²) in [5.74, 6) is 0.165. The lowest BCUT2D eigenvalue weighted by atomic mass is 9.85. The molecule has 1 unspecified atom stereocenters. The van der Waals surface area contributed by atoms with E-state index in [1.54, 1.807) is 14.0 Å². The minimum absolute atomic E-state index is 0.165. The first kappa shape index (κ1) is 9.93. The Bertz CT molecular complexity index is 132. The molecule has 1 heterocycles. The Morgan fingerprint density at radius 1 is 1.50 bits per heavy atom. The predicted octanol–water partition coefficient (Wildman–Crippen LogP) is 1.36. The maximum atomic E-state index is 13.9. The van der Waals surface area contributed by atoms with Crippen LogP contribution in [0.5, 0.6) is 0 Å². The highest BCUT2D eigenvalue weighted by molar-refractivity contribution is 4.85. The maximum absolute atomic E-state index is 13.9. The van der Waals surface area contributed by atoms with Crippen molar-refractivity contribution < 1.29 is 9.13 Å². The van der Waals surface area contributed by atoms with Crippen LogP contribution in [0.15, 0.2) is 0 Å². The van der Waals surface area contributed by atoms with E-state index in [0.717, 1.165) is 12.8 Å². The van der Waals surface area contributed by atoms with Crippen molar-refractivity contribution in [1.29, 1.82) is 0 Å². The predicted molar refractivity (Wildman–Crippen MR) is 47.0 cm³/mol. The molecule has 0 saturated carbocycles. The van der Waals surface area contributed by atoms with Crippen LogP contribution in [0.1, 0.15) is 19.8 Å². The molecule has 1 rings (SSSR count). The molecule has 72 valence electrons. The quantitative estimate of drug-likeness (QED) is 0.699. The average molecular weight is 175 g/mol. The molecule has 0 bridgehead atoms. The standard InChI is InChI=1S/C9H18FNO/c1-9(10,7-11-2)8-3-5-12-6-4-8/h8,11H,3-7H2,1-2H3. The fourth-order valence-electron chi connectivity index (χ4n) is 1.79. The van der Waals surface area contributed by atoms with Gasteiger partial charge in [-0.15, -0.1) is 0 Å². The summed E-state index contributed by atoms with van der Waals surface area (Å²) in [7, 11) is 1.79. The largest absolute Gasteiger partial charge is 0.381 e. The Labute approximate surface area is 73.5 Å². The van der Waals surface area contributed by atoms with Gasteiger partial charge in [-0.1, -0.05) is 0 Å². The van der Waals surface area contributed by atoms with Crippen LogP contribution in [0.2, 0.25) is 0 Å². The van der Waals surface area contributed by atoms with Gasteiger partial charge in [-0.25, -0.2) is 4.39 Å². The third-order valence-electron chi connectivity index (χ3n) is 2.59. The summed E-state index contributed by atoms with van der Waals surface area (Å²) in [6.45, 7) is 3.55. The Morgan fingerprint density at radius 2 is 2.08 bits per heavy atom. The van der Waals surface area contributed by atoms with Crippen molar-refractivity contribution >= 4 is 0 Å². The number of hydrogen-bond acceptors (Lipinski definition) is 2. The molecule has 12 heavy (non-hydrogen) atoms. The van der Waals surface area contributed by atoms with E-state index in [-0.39, 0.29) is 5.92 Å². The highest BCUT2D eigenvalue weighted by Crippen LogP contribution is 2.29. The van der Waals surface area contributed by atoms with Gasteiger partial charge in [0, 0.05) is 19.8 Å². The van der Waals surface area contributed by atoms with Crippen molar-refractivity contribution in [2.75, 3.05) is 26.8 Å². The molecule has 1 atom stereocenters. The number of hydrogen-bond donors (Lipinski definition) is 1. The van der Waals surface area contributed by atoms with Crippen LogP contribution in [0.3, 0.4) is 0 Å². The molecular formula is C9H18FNO. The van der Waals surface area contributed by atoms with Crippen LogP contribution in [-0.2, 0) is 4.74 Å². The summed E-state index contributed by atoms with van der Waals surface area (Å²) >= 11 is 0. The molecule has 0 aliphatic carbocycles. The summed E-state index contributed by atoms with van der Waals surface area (Å²) in [6, 6.07) is 0. The third kappa shape index (κ3) is 2.42. The highest BCUT2D eigenvalue weighted by atomic mass is 19.1. The minimum Gasteiger partial charge on any atom is -0.381 e. The van der Waals surface area contributed by atoms with E-state index < -0.39 is 5.67 Å². The molecule has 2 nitrogen and oxygen atoms in total. The summed E-state index contributed by atoms with van der Waals surface area (Å²) < 4.78 is 19.0. The van der Waals surface area contributed by atoms with Crippen LogP contribution in [-0.4, -0.2) is 32.5 Å². The van der Waals surface area contributed by atoms with E-state index in [2.05, 4.69) is 5.32 Å². The minimum atomic E-state index is -1.07. The third-order valence-corrected chi connectivity index (χ3v) is 2.59. The molecule has 0 radical (unpaired) electrons. The van der Waals surface area contributed by atoms with Crippen molar-refractivity contribution in [2.24, 2.45) is 5.92 Å². The summed E-state index contributed by atoms with van der Waals surface area (Å²) in [6.07, 6.45) is 1.71. The van der Waals surface area contributed by atoms with Crippen molar-refractivity contribution in [2.45, 2.75) is 25.4 Å².